The molecule has 5 aromatic rings. The number of fused-ring (bicyclic) bond motifs is 1. The summed E-state index contributed by atoms with van der Waals surface area (Å²) in [6.07, 6.45) is -3.34. The van der Waals surface area contributed by atoms with Crippen molar-refractivity contribution >= 4 is 22.8 Å². The highest BCUT2D eigenvalue weighted by molar-refractivity contribution is 5.88. The number of hydrogen-bond acceptors (Lipinski definition) is 7. The number of carbonyl (C=O) groups excluding carboxylic acids is 2. The number of piperidine rings is 1. The number of aromatic amines is 1. The van der Waals surface area contributed by atoms with Crippen LogP contribution in [0.3, 0.4) is 0 Å². The number of halogens is 5. The average molecular weight is 791 g/mol. The first-order chi connectivity index (χ1) is 27.1. The summed E-state index contributed by atoms with van der Waals surface area (Å²) in [5.74, 6) is -1.89. The molecule has 0 spiro atoms. The maximum absolute atomic E-state index is 14.4. The van der Waals surface area contributed by atoms with Gasteiger partial charge in [-0.15, -0.1) is 13.2 Å². The van der Waals surface area contributed by atoms with E-state index in [-0.39, 0.29) is 67.0 Å². The van der Waals surface area contributed by atoms with Crippen LogP contribution in [-0.4, -0.2) is 69.3 Å². The maximum Gasteiger partial charge on any atom is 0.573 e. The minimum atomic E-state index is -4.79. The third-order valence-corrected chi connectivity index (χ3v) is 10.4. The number of alkyl halides is 3. The second kappa shape index (κ2) is 17.2. The van der Waals surface area contributed by atoms with E-state index in [0.717, 1.165) is 17.2 Å². The predicted octanol–water partition coefficient (Wildman–Crippen LogP) is 7.93. The highest BCUT2D eigenvalue weighted by atomic mass is 19.4. The van der Waals surface area contributed by atoms with Gasteiger partial charge in [-0.25, -0.2) is 13.8 Å². The Morgan fingerprint density at radius 1 is 0.895 bits per heavy atom. The van der Waals surface area contributed by atoms with E-state index in [9.17, 15) is 36.3 Å². The summed E-state index contributed by atoms with van der Waals surface area (Å²) in [6, 6.07) is 21.2. The Bertz CT molecular complexity index is 2270. The van der Waals surface area contributed by atoms with Gasteiger partial charge in [0.1, 0.15) is 28.7 Å². The van der Waals surface area contributed by atoms with Crippen LogP contribution in [0.4, 0.5) is 22.0 Å². The van der Waals surface area contributed by atoms with Crippen molar-refractivity contribution in [2.24, 2.45) is 0 Å². The molecule has 14 heteroatoms. The van der Waals surface area contributed by atoms with Crippen molar-refractivity contribution in [3.8, 4) is 16.9 Å². The van der Waals surface area contributed by atoms with E-state index in [1.807, 2.05) is 38.1 Å². The molecular weight excluding hydrogens is 747 g/mol. The van der Waals surface area contributed by atoms with Crippen molar-refractivity contribution in [1.82, 2.24) is 19.8 Å². The Balaban J connectivity index is 1.22. The summed E-state index contributed by atoms with van der Waals surface area (Å²) >= 11 is 0. The van der Waals surface area contributed by atoms with Gasteiger partial charge in [0.05, 0.1) is 23.9 Å². The molecule has 1 saturated heterocycles. The van der Waals surface area contributed by atoms with Crippen LogP contribution in [0, 0.1) is 11.6 Å². The van der Waals surface area contributed by atoms with Crippen molar-refractivity contribution in [3.63, 3.8) is 0 Å². The summed E-state index contributed by atoms with van der Waals surface area (Å²) in [7, 11) is 0. The zero-order valence-electron chi connectivity index (χ0n) is 31.8. The van der Waals surface area contributed by atoms with Gasteiger partial charge < -0.3 is 19.4 Å². The fraction of sp³-hybridized carbons (Fsp3) is 0.349. The molecule has 0 unspecified atom stereocenters. The van der Waals surface area contributed by atoms with Gasteiger partial charge in [0.15, 0.2) is 0 Å². The predicted molar refractivity (Wildman–Crippen MR) is 204 cm³/mol. The summed E-state index contributed by atoms with van der Waals surface area (Å²) in [5.41, 5.74) is 2.12. The first kappa shape index (κ1) is 41.0. The second-order valence-electron chi connectivity index (χ2n) is 14.5. The number of nitrogens with zero attached hydrogens (tertiary/aromatic N) is 3. The number of nitrogens with one attached hydrogen (secondary N) is 1. The largest absolute Gasteiger partial charge is 0.573 e. The molecule has 0 radical (unpaired) electrons. The highest BCUT2D eigenvalue weighted by Gasteiger charge is 2.39. The van der Waals surface area contributed by atoms with Crippen molar-refractivity contribution in [1.29, 1.82) is 0 Å². The Labute approximate surface area is 326 Å². The maximum atomic E-state index is 14.4. The molecule has 300 valence electrons. The molecule has 0 saturated carbocycles. The van der Waals surface area contributed by atoms with E-state index in [0.29, 0.717) is 48.4 Å². The molecule has 1 N–H and O–H groups in total. The van der Waals surface area contributed by atoms with Gasteiger partial charge in [0.25, 0.3) is 5.56 Å². The zero-order valence-corrected chi connectivity index (χ0v) is 31.8. The van der Waals surface area contributed by atoms with Crippen LogP contribution in [-0.2, 0) is 40.1 Å². The van der Waals surface area contributed by atoms with Crippen molar-refractivity contribution in [2.45, 2.75) is 77.4 Å². The molecule has 1 amide bonds. The van der Waals surface area contributed by atoms with Crippen LogP contribution in [0.25, 0.3) is 22.0 Å². The number of benzene rings is 4. The van der Waals surface area contributed by atoms with Crippen LogP contribution in [0.2, 0.25) is 0 Å². The lowest BCUT2D eigenvalue weighted by molar-refractivity contribution is -0.274. The number of hydrogen-bond donors (Lipinski definition) is 1. The van der Waals surface area contributed by atoms with Gasteiger partial charge >= 0.3 is 12.3 Å². The smallest absolute Gasteiger partial charge is 0.465 e. The molecule has 0 bridgehead atoms. The number of H-pyrrole nitrogens is 1. The lowest BCUT2D eigenvalue weighted by Gasteiger charge is -2.44. The van der Waals surface area contributed by atoms with Gasteiger partial charge in [-0.3, -0.25) is 19.3 Å². The standard InChI is InChI=1S/C43H43F5N4O5/c1-4-56-41(55)42(2,3)51-22-20-33(21-23-51)52(26-27-8-10-28(11-9-27)29-13-17-34(18-14-29)57-43(46,47)48)38(53)24-31-6-5-7-36-39(31)40(54)50-37(49-36)19-15-30-12-16-32(44)25-35(30)45/h5-14,16-18,25,33H,4,15,19-24,26H2,1-3H3,(H,49,50,54). The number of rotatable bonds is 13. The normalized spacial score (nSPS) is 14.1. The van der Waals surface area contributed by atoms with Crippen molar-refractivity contribution < 1.29 is 41.0 Å². The molecule has 4 aromatic carbocycles. The molecule has 0 aliphatic carbocycles. The van der Waals surface area contributed by atoms with Crippen molar-refractivity contribution in [3.05, 3.63) is 129 Å². The van der Waals surface area contributed by atoms with Crippen LogP contribution in [0.5, 0.6) is 5.75 Å². The van der Waals surface area contributed by atoms with E-state index >= 15 is 0 Å². The summed E-state index contributed by atoms with van der Waals surface area (Å²) in [4.78, 5) is 51.9. The topological polar surface area (TPSA) is 105 Å². The lowest BCUT2D eigenvalue weighted by atomic mass is 9.94. The lowest BCUT2D eigenvalue weighted by Crippen LogP contribution is -2.56. The number of aromatic nitrogens is 2. The van der Waals surface area contributed by atoms with E-state index in [2.05, 4.69) is 19.6 Å². The van der Waals surface area contributed by atoms with Crippen molar-refractivity contribution in [2.75, 3.05) is 19.7 Å². The molecule has 57 heavy (non-hydrogen) atoms. The fourth-order valence-electron chi connectivity index (χ4n) is 7.26. The number of likely N-dealkylation sites (tertiary alicyclic amines) is 1. The number of esters is 1. The summed E-state index contributed by atoms with van der Waals surface area (Å²) < 4.78 is 74.9. The van der Waals surface area contributed by atoms with Crippen LogP contribution >= 0.6 is 0 Å². The van der Waals surface area contributed by atoms with Gasteiger partial charge in [-0.1, -0.05) is 54.6 Å². The van der Waals surface area contributed by atoms with E-state index in [1.165, 1.54) is 36.4 Å². The Hall–Kier alpha value is -5.63. The van der Waals surface area contributed by atoms with Gasteiger partial charge in [0.2, 0.25) is 5.91 Å². The molecule has 2 heterocycles. The number of aryl methyl sites for hydroxylation is 2. The monoisotopic (exact) mass is 790 g/mol. The number of carbonyl (C=O) groups is 2. The van der Waals surface area contributed by atoms with Gasteiger partial charge in [-0.05, 0) is 92.1 Å². The Morgan fingerprint density at radius 2 is 1.56 bits per heavy atom. The molecular formula is C43H43F5N4O5. The Kier molecular flexibility index (Phi) is 12.4. The minimum absolute atomic E-state index is 0.0960. The first-order valence-corrected chi connectivity index (χ1v) is 18.7. The third-order valence-electron chi connectivity index (χ3n) is 10.4. The summed E-state index contributed by atoms with van der Waals surface area (Å²) in [6.45, 7) is 6.99. The van der Waals surface area contributed by atoms with E-state index in [4.69, 9.17) is 4.74 Å². The third kappa shape index (κ3) is 10.0. The van der Waals surface area contributed by atoms with E-state index < -0.39 is 29.1 Å². The molecule has 1 fully saturated rings. The molecule has 1 aromatic heterocycles. The van der Waals surface area contributed by atoms with Crippen LogP contribution in [0.15, 0.2) is 89.7 Å². The van der Waals surface area contributed by atoms with Gasteiger partial charge in [-0.2, -0.15) is 0 Å². The summed E-state index contributed by atoms with van der Waals surface area (Å²) in [5, 5.41) is 0.268. The molecule has 1 aliphatic heterocycles. The first-order valence-electron chi connectivity index (χ1n) is 18.7. The number of ether oxygens (including phenoxy) is 2. The van der Waals surface area contributed by atoms with Crippen LogP contribution in [0.1, 0.15) is 56.1 Å². The van der Waals surface area contributed by atoms with Crippen LogP contribution < -0.4 is 10.3 Å². The zero-order chi connectivity index (χ0) is 40.9. The molecule has 1 aliphatic rings. The highest BCUT2D eigenvalue weighted by Crippen LogP contribution is 2.29. The minimum Gasteiger partial charge on any atom is -0.465 e. The average Bonchev–Trinajstić information content (AvgIpc) is 3.16. The molecule has 0 atom stereocenters. The quantitative estimate of drug-likeness (QED) is 0.0955. The molecule has 9 nitrogen and oxygen atoms in total. The number of amides is 1. The molecule has 6 rings (SSSR count). The fourth-order valence-corrected chi connectivity index (χ4v) is 7.26. The van der Waals surface area contributed by atoms with Gasteiger partial charge in [0, 0.05) is 38.2 Å². The second-order valence-corrected chi connectivity index (χ2v) is 14.5. The van der Waals surface area contributed by atoms with E-state index in [1.54, 1.807) is 30.0 Å². The SMILES string of the molecule is CCOC(=O)C(C)(C)N1CCC(N(Cc2ccc(-c3ccc(OC(F)(F)F)cc3)cc2)C(=O)Cc2cccc3nc(CCc4ccc(F)cc4F)[nH]c(=O)c23)CC1. The Morgan fingerprint density at radius 3 is 2.19 bits per heavy atom.